The molecule has 0 aliphatic rings. The number of aryl methyl sites for hydroxylation is 1. The van der Waals surface area contributed by atoms with Crippen LogP contribution in [0.25, 0.3) is 10.9 Å². The molecular formula is C17H19N3S. The van der Waals surface area contributed by atoms with Crippen molar-refractivity contribution in [3.63, 3.8) is 0 Å². The first kappa shape index (κ1) is 14.0. The Morgan fingerprint density at radius 1 is 1.19 bits per heavy atom. The van der Waals surface area contributed by atoms with E-state index >= 15 is 0 Å². The van der Waals surface area contributed by atoms with Crippen LogP contribution in [-0.4, -0.2) is 23.6 Å². The van der Waals surface area contributed by atoms with Crippen LogP contribution in [0.5, 0.6) is 0 Å². The third-order valence-electron chi connectivity index (χ3n) is 3.87. The number of anilines is 1. The van der Waals surface area contributed by atoms with Gasteiger partial charge in [-0.1, -0.05) is 18.2 Å². The van der Waals surface area contributed by atoms with Gasteiger partial charge in [0.25, 0.3) is 0 Å². The molecular weight excluding hydrogens is 278 g/mol. The first-order chi connectivity index (χ1) is 10.2. The zero-order valence-electron chi connectivity index (χ0n) is 12.6. The smallest absolute Gasteiger partial charge is 0.0942 e. The third-order valence-corrected chi connectivity index (χ3v) is 4.71. The molecule has 3 aromatic rings. The fourth-order valence-corrected chi connectivity index (χ4v) is 3.26. The summed E-state index contributed by atoms with van der Waals surface area (Å²) in [5, 5.41) is 4.45. The minimum absolute atomic E-state index is 0.960. The first-order valence-electron chi connectivity index (χ1n) is 7.12. The second-order valence-electron chi connectivity index (χ2n) is 5.29. The molecule has 0 bridgehead atoms. The molecule has 21 heavy (non-hydrogen) atoms. The standard InChI is InChI=1S/C17H19N3S/c1-12-13(2)19-15-7-5-4-6-14(15)17(12)20(3)10-8-16-18-9-11-21-16/h4-7,9,11H,8,10H2,1-3H3. The van der Waals surface area contributed by atoms with Crippen molar-refractivity contribution in [3.8, 4) is 0 Å². The molecule has 0 spiro atoms. The molecule has 3 nitrogen and oxygen atoms in total. The lowest BCUT2D eigenvalue weighted by atomic mass is 10.1. The van der Waals surface area contributed by atoms with Gasteiger partial charge in [-0.15, -0.1) is 11.3 Å². The van der Waals surface area contributed by atoms with Gasteiger partial charge in [0.2, 0.25) is 0 Å². The summed E-state index contributed by atoms with van der Waals surface area (Å²) in [6, 6.07) is 8.37. The van der Waals surface area contributed by atoms with E-state index in [1.807, 2.05) is 17.6 Å². The molecule has 0 N–H and O–H groups in total. The summed E-state index contributed by atoms with van der Waals surface area (Å²) in [7, 11) is 2.15. The van der Waals surface area contributed by atoms with Crippen molar-refractivity contribution < 1.29 is 0 Å². The van der Waals surface area contributed by atoms with E-state index in [9.17, 15) is 0 Å². The highest BCUT2D eigenvalue weighted by Crippen LogP contribution is 2.30. The Morgan fingerprint density at radius 3 is 2.76 bits per heavy atom. The van der Waals surface area contributed by atoms with Gasteiger partial charge in [-0.2, -0.15) is 0 Å². The zero-order chi connectivity index (χ0) is 14.8. The molecule has 0 saturated heterocycles. The van der Waals surface area contributed by atoms with Crippen molar-refractivity contribution in [2.75, 3.05) is 18.5 Å². The molecule has 0 fully saturated rings. The van der Waals surface area contributed by atoms with Gasteiger partial charge in [-0.25, -0.2) is 4.98 Å². The highest BCUT2D eigenvalue weighted by molar-refractivity contribution is 7.09. The zero-order valence-corrected chi connectivity index (χ0v) is 13.4. The number of hydrogen-bond acceptors (Lipinski definition) is 4. The number of para-hydroxylation sites is 1. The summed E-state index contributed by atoms with van der Waals surface area (Å²) in [6.45, 7) is 5.20. The highest BCUT2D eigenvalue weighted by atomic mass is 32.1. The maximum Gasteiger partial charge on any atom is 0.0942 e. The number of fused-ring (bicyclic) bond motifs is 1. The van der Waals surface area contributed by atoms with E-state index in [1.165, 1.54) is 21.6 Å². The highest BCUT2D eigenvalue weighted by Gasteiger charge is 2.13. The normalized spacial score (nSPS) is 11.0. The van der Waals surface area contributed by atoms with Crippen LogP contribution in [0.15, 0.2) is 35.8 Å². The molecule has 0 aliphatic carbocycles. The van der Waals surface area contributed by atoms with E-state index in [0.29, 0.717) is 0 Å². The number of thiazole rings is 1. The molecule has 2 heterocycles. The average molecular weight is 297 g/mol. The predicted molar refractivity (Wildman–Crippen MR) is 90.3 cm³/mol. The fraction of sp³-hybridized carbons (Fsp3) is 0.294. The Hall–Kier alpha value is -1.94. The summed E-state index contributed by atoms with van der Waals surface area (Å²) in [6.07, 6.45) is 2.85. The van der Waals surface area contributed by atoms with E-state index in [1.54, 1.807) is 11.3 Å². The van der Waals surface area contributed by atoms with E-state index in [0.717, 1.165) is 24.2 Å². The van der Waals surface area contributed by atoms with Gasteiger partial charge in [0, 0.05) is 42.7 Å². The Morgan fingerprint density at radius 2 is 2.00 bits per heavy atom. The van der Waals surface area contributed by atoms with Crippen molar-refractivity contribution in [1.82, 2.24) is 9.97 Å². The Bertz CT molecular complexity index is 750. The van der Waals surface area contributed by atoms with Crippen LogP contribution in [0.1, 0.15) is 16.3 Å². The monoisotopic (exact) mass is 297 g/mol. The van der Waals surface area contributed by atoms with Crippen LogP contribution in [0.4, 0.5) is 5.69 Å². The fourth-order valence-electron chi connectivity index (χ4n) is 2.65. The molecule has 4 heteroatoms. The quantitative estimate of drug-likeness (QED) is 0.729. The van der Waals surface area contributed by atoms with Crippen LogP contribution < -0.4 is 4.90 Å². The first-order valence-corrected chi connectivity index (χ1v) is 8.00. The van der Waals surface area contributed by atoms with Gasteiger partial charge in [0.15, 0.2) is 0 Å². The van der Waals surface area contributed by atoms with Crippen LogP contribution in [0, 0.1) is 13.8 Å². The summed E-state index contributed by atoms with van der Waals surface area (Å²) in [4.78, 5) is 11.4. The van der Waals surface area contributed by atoms with Crippen molar-refractivity contribution in [2.24, 2.45) is 0 Å². The second-order valence-corrected chi connectivity index (χ2v) is 6.26. The molecule has 108 valence electrons. The SMILES string of the molecule is Cc1nc2ccccc2c(N(C)CCc2nccs2)c1C. The van der Waals surface area contributed by atoms with Gasteiger partial charge in [-0.3, -0.25) is 4.98 Å². The summed E-state index contributed by atoms with van der Waals surface area (Å²) >= 11 is 1.72. The third kappa shape index (κ3) is 2.76. The van der Waals surface area contributed by atoms with Crippen molar-refractivity contribution in [1.29, 1.82) is 0 Å². The number of pyridine rings is 1. The molecule has 0 radical (unpaired) electrons. The summed E-state index contributed by atoms with van der Waals surface area (Å²) in [5.41, 5.74) is 4.71. The van der Waals surface area contributed by atoms with Crippen LogP contribution in [-0.2, 0) is 6.42 Å². The topological polar surface area (TPSA) is 29.0 Å². The van der Waals surface area contributed by atoms with Crippen LogP contribution in [0.3, 0.4) is 0 Å². The lowest BCUT2D eigenvalue weighted by Crippen LogP contribution is -2.22. The van der Waals surface area contributed by atoms with Gasteiger partial charge in [0.1, 0.15) is 0 Å². The molecule has 2 aromatic heterocycles. The Kier molecular flexibility index (Phi) is 3.88. The molecule has 0 unspecified atom stereocenters. The number of aromatic nitrogens is 2. The lowest BCUT2D eigenvalue weighted by Gasteiger charge is -2.24. The molecule has 0 saturated carbocycles. The largest absolute Gasteiger partial charge is 0.373 e. The van der Waals surface area contributed by atoms with Crippen molar-refractivity contribution in [2.45, 2.75) is 20.3 Å². The Balaban J connectivity index is 1.96. The molecule has 1 aromatic carbocycles. The maximum atomic E-state index is 4.69. The number of hydrogen-bond donors (Lipinski definition) is 0. The lowest BCUT2D eigenvalue weighted by molar-refractivity contribution is 0.867. The van der Waals surface area contributed by atoms with E-state index < -0.39 is 0 Å². The summed E-state index contributed by atoms with van der Waals surface area (Å²) < 4.78 is 0. The van der Waals surface area contributed by atoms with E-state index in [2.05, 4.69) is 49.0 Å². The van der Waals surface area contributed by atoms with Crippen molar-refractivity contribution in [3.05, 3.63) is 52.1 Å². The minimum atomic E-state index is 0.960. The van der Waals surface area contributed by atoms with Gasteiger partial charge >= 0.3 is 0 Å². The number of nitrogens with zero attached hydrogens (tertiary/aromatic N) is 3. The van der Waals surface area contributed by atoms with Crippen LogP contribution in [0.2, 0.25) is 0 Å². The molecule has 3 rings (SSSR count). The van der Waals surface area contributed by atoms with Gasteiger partial charge in [-0.05, 0) is 25.5 Å². The van der Waals surface area contributed by atoms with Crippen molar-refractivity contribution >= 4 is 27.9 Å². The Labute approximate surface area is 129 Å². The van der Waals surface area contributed by atoms with Gasteiger partial charge in [0.05, 0.1) is 16.2 Å². The van der Waals surface area contributed by atoms with E-state index in [4.69, 9.17) is 4.98 Å². The number of benzene rings is 1. The van der Waals surface area contributed by atoms with Crippen LogP contribution >= 0.6 is 11.3 Å². The molecule has 0 aliphatic heterocycles. The number of rotatable bonds is 4. The second kappa shape index (κ2) is 5.82. The molecule has 0 amide bonds. The van der Waals surface area contributed by atoms with E-state index in [-0.39, 0.29) is 0 Å². The average Bonchev–Trinajstić information content (AvgIpc) is 2.99. The maximum absolute atomic E-state index is 4.69. The summed E-state index contributed by atoms with van der Waals surface area (Å²) in [5.74, 6) is 0. The van der Waals surface area contributed by atoms with Gasteiger partial charge < -0.3 is 4.90 Å². The molecule has 0 atom stereocenters. The number of likely N-dealkylation sites (N-methyl/N-ethyl adjacent to an activating group) is 1. The minimum Gasteiger partial charge on any atom is -0.373 e. The predicted octanol–water partition coefficient (Wildman–Crippen LogP) is 3.99.